The number of hydrogen-bond acceptors (Lipinski definition) is 0. The van der Waals surface area contributed by atoms with Gasteiger partial charge in [0.2, 0.25) is 0 Å². The molecule has 0 radical (unpaired) electrons. The van der Waals surface area contributed by atoms with Crippen LogP contribution in [0.4, 0.5) is 0 Å². The molecule has 0 aromatic carbocycles. The number of halogens is 1. The fourth-order valence-electron chi connectivity index (χ4n) is 1.51. The maximum Gasteiger partial charge on any atom is 0.0629 e. The van der Waals surface area contributed by atoms with Crippen molar-refractivity contribution in [2.45, 2.75) is 36.5 Å². The van der Waals surface area contributed by atoms with E-state index in [9.17, 15) is 0 Å². The first-order valence-electron chi connectivity index (χ1n) is 3.73. The van der Waals surface area contributed by atoms with Crippen molar-refractivity contribution < 1.29 is 0 Å². The first kappa shape index (κ1) is 8.34. The molecule has 1 rings (SSSR count). The van der Waals surface area contributed by atoms with Crippen molar-refractivity contribution in [2.24, 2.45) is 0 Å². The lowest BCUT2D eigenvalue weighted by Gasteiger charge is -2.16. The summed E-state index contributed by atoms with van der Waals surface area (Å²) in [6.07, 6.45) is 3.07. The second-order valence-corrected chi connectivity index (χ2v) is 10.4. The number of hydrogen-bond donors (Lipinski definition) is 0. The average molecular weight is 175 g/mol. The van der Waals surface area contributed by atoms with Crippen molar-refractivity contribution in [3.63, 3.8) is 0 Å². The van der Waals surface area contributed by atoms with Crippen LogP contribution in [0.3, 0.4) is 0 Å². The van der Waals surface area contributed by atoms with Gasteiger partial charge in [-0.2, -0.15) is 0 Å². The fraction of sp³-hybridized carbons (Fsp3) is 0.750. The molecule has 1 fully saturated rings. The topological polar surface area (TPSA) is 0 Å². The zero-order valence-corrected chi connectivity index (χ0v) is 8.70. The van der Waals surface area contributed by atoms with E-state index in [2.05, 4.69) is 26.2 Å². The lowest BCUT2D eigenvalue weighted by atomic mass is 10.4. The van der Waals surface area contributed by atoms with E-state index in [-0.39, 0.29) is 4.87 Å². The molecule has 0 bridgehead atoms. The van der Waals surface area contributed by atoms with Gasteiger partial charge in [-0.15, -0.1) is 18.2 Å². The molecule has 2 heteroatoms. The quantitative estimate of drug-likeness (QED) is 0.343. The summed E-state index contributed by atoms with van der Waals surface area (Å²) in [6, 6.07) is 0. The lowest BCUT2D eigenvalue weighted by Crippen LogP contribution is -2.23. The van der Waals surface area contributed by atoms with Crippen LogP contribution in [-0.4, -0.2) is 12.9 Å². The number of allylic oxidation sites excluding steroid dienone is 1. The molecule has 0 heterocycles. The Morgan fingerprint density at radius 1 is 1.60 bits per heavy atom. The summed E-state index contributed by atoms with van der Waals surface area (Å²) in [6.45, 7) is 10.8. The molecule has 0 saturated heterocycles. The third-order valence-corrected chi connectivity index (χ3v) is 5.89. The Hall–Kier alpha value is 0.247. The van der Waals surface area contributed by atoms with E-state index in [0.717, 1.165) is 12.0 Å². The van der Waals surface area contributed by atoms with Gasteiger partial charge in [0.15, 0.2) is 0 Å². The fourth-order valence-corrected chi connectivity index (χ4v) is 5.28. The lowest BCUT2D eigenvalue weighted by molar-refractivity contribution is 1.15. The van der Waals surface area contributed by atoms with Crippen LogP contribution in [0.2, 0.25) is 25.2 Å². The highest BCUT2D eigenvalue weighted by molar-refractivity contribution is 6.80. The minimum absolute atomic E-state index is 0.00945. The van der Waals surface area contributed by atoms with Crippen LogP contribution in [0, 0.1) is 0 Å². The van der Waals surface area contributed by atoms with Gasteiger partial charge in [-0.25, -0.2) is 0 Å². The smallest absolute Gasteiger partial charge is 0.0629 e. The van der Waals surface area contributed by atoms with Gasteiger partial charge in [0, 0.05) is 8.07 Å². The van der Waals surface area contributed by atoms with Gasteiger partial charge in [0.25, 0.3) is 0 Å². The van der Waals surface area contributed by atoms with E-state index >= 15 is 0 Å². The van der Waals surface area contributed by atoms with Crippen LogP contribution in [0.25, 0.3) is 0 Å². The predicted molar refractivity (Wildman–Crippen MR) is 50.5 cm³/mol. The van der Waals surface area contributed by atoms with E-state index in [0.29, 0.717) is 0 Å². The summed E-state index contributed by atoms with van der Waals surface area (Å²) in [7, 11) is -0.983. The van der Waals surface area contributed by atoms with Crippen LogP contribution < -0.4 is 0 Å². The Morgan fingerprint density at radius 2 is 2.10 bits per heavy atom. The molecule has 0 nitrogen and oxygen atoms in total. The standard InChI is InChI=1S/C8H15ClSi/c1-5-8(9)6-7(8)10(2,3)4/h5,7H,1,6H2,2-4H3/t7-,8+/m1/s1. The number of alkyl halides is 1. The first-order chi connectivity index (χ1) is 4.40. The molecule has 10 heavy (non-hydrogen) atoms. The molecule has 0 spiro atoms. The molecule has 58 valence electrons. The molecule has 0 aromatic rings. The molecule has 0 unspecified atom stereocenters. The van der Waals surface area contributed by atoms with Gasteiger partial charge < -0.3 is 0 Å². The van der Waals surface area contributed by atoms with Crippen LogP contribution in [0.15, 0.2) is 12.7 Å². The first-order valence-corrected chi connectivity index (χ1v) is 7.68. The van der Waals surface area contributed by atoms with E-state index in [4.69, 9.17) is 11.6 Å². The minimum atomic E-state index is -0.983. The van der Waals surface area contributed by atoms with E-state index in [1.165, 1.54) is 0 Å². The summed E-state index contributed by atoms with van der Waals surface area (Å²) in [5.74, 6) is 0. The second-order valence-electron chi connectivity index (χ2n) is 4.25. The van der Waals surface area contributed by atoms with Crippen LogP contribution in [0.5, 0.6) is 0 Å². The van der Waals surface area contributed by atoms with Crippen molar-refractivity contribution in [1.29, 1.82) is 0 Å². The van der Waals surface area contributed by atoms with Gasteiger partial charge in [0.1, 0.15) is 0 Å². The molecular weight excluding hydrogens is 160 g/mol. The molecule has 1 aliphatic carbocycles. The summed E-state index contributed by atoms with van der Waals surface area (Å²) < 4.78 is 0. The Labute approximate surface area is 69.3 Å². The molecule has 1 saturated carbocycles. The molecule has 1 aliphatic rings. The zero-order chi connectivity index (χ0) is 7.99. The zero-order valence-electron chi connectivity index (χ0n) is 6.95. The van der Waals surface area contributed by atoms with E-state index < -0.39 is 8.07 Å². The van der Waals surface area contributed by atoms with Crippen molar-refractivity contribution in [2.75, 3.05) is 0 Å². The van der Waals surface area contributed by atoms with Gasteiger partial charge in [-0.3, -0.25) is 0 Å². The average Bonchev–Trinajstić information content (AvgIpc) is 2.43. The van der Waals surface area contributed by atoms with E-state index in [1.807, 2.05) is 6.08 Å². The number of rotatable bonds is 2. The largest absolute Gasteiger partial charge is 0.115 e. The molecule has 0 aromatic heterocycles. The summed E-state index contributed by atoms with van der Waals surface area (Å²) in [5.41, 5.74) is 0.763. The Kier molecular flexibility index (Phi) is 1.76. The van der Waals surface area contributed by atoms with Crippen LogP contribution in [-0.2, 0) is 0 Å². The third kappa shape index (κ3) is 1.30. The highest BCUT2D eigenvalue weighted by Gasteiger charge is 2.56. The van der Waals surface area contributed by atoms with Crippen molar-refractivity contribution in [3.8, 4) is 0 Å². The third-order valence-electron chi connectivity index (χ3n) is 2.32. The van der Waals surface area contributed by atoms with Gasteiger partial charge in [0.05, 0.1) is 4.87 Å². The van der Waals surface area contributed by atoms with Gasteiger partial charge in [-0.05, 0) is 12.0 Å². The predicted octanol–water partition coefficient (Wildman–Crippen LogP) is 3.26. The maximum absolute atomic E-state index is 6.20. The van der Waals surface area contributed by atoms with Crippen molar-refractivity contribution in [1.82, 2.24) is 0 Å². The minimum Gasteiger partial charge on any atom is -0.115 e. The molecular formula is C8H15ClSi. The molecule has 2 atom stereocenters. The van der Waals surface area contributed by atoms with Crippen molar-refractivity contribution >= 4 is 19.7 Å². The highest BCUT2D eigenvalue weighted by atomic mass is 35.5. The maximum atomic E-state index is 6.20. The van der Waals surface area contributed by atoms with Gasteiger partial charge >= 0.3 is 0 Å². The van der Waals surface area contributed by atoms with Crippen LogP contribution in [0.1, 0.15) is 6.42 Å². The normalized spacial score (nSPS) is 39.4. The Balaban J connectivity index is 2.61. The molecule has 0 aliphatic heterocycles. The van der Waals surface area contributed by atoms with Crippen molar-refractivity contribution in [3.05, 3.63) is 12.7 Å². The second kappa shape index (κ2) is 2.11. The van der Waals surface area contributed by atoms with Gasteiger partial charge in [-0.1, -0.05) is 25.7 Å². The summed E-state index contributed by atoms with van der Waals surface area (Å²) >= 11 is 6.20. The Bertz CT molecular complexity index is 159. The molecule has 0 amide bonds. The monoisotopic (exact) mass is 174 g/mol. The Morgan fingerprint density at radius 3 is 2.20 bits per heavy atom. The molecule has 0 N–H and O–H groups in total. The summed E-state index contributed by atoms with van der Waals surface area (Å²) in [5, 5.41) is 0. The van der Waals surface area contributed by atoms with Crippen LogP contribution >= 0.6 is 11.6 Å². The SMILES string of the molecule is C=C[C@]1(Cl)C[C@H]1[Si](C)(C)C. The summed E-state index contributed by atoms with van der Waals surface area (Å²) in [4.78, 5) is -0.00945. The van der Waals surface area contributed by atoms with E-state index in [1.54, 1.807) is 0 Å². The highest BCUT2D eigenvalue weighted by Crippen LogP contribution is 2.60.